The normalized spacial score (nSPS) is 16.6. The zero-order valence-corrected chi connectivity index (χ0v) is 13.4. The first kappa shape index (κ1) is 17.7. The summed E-state index contributed by atoms with van der Waals surface area (Å²) in [6, 6.07) is 1.27. The molecule has 2 aliphatic rings. The molecule has 0 aliphatic carbocycles. The van der Waals surface area contributed by atoms with Crippen molar-refractivity contribution < 1.29 is 34.5 Å². The average Bonchev–Trinajstić information content (AvgIpc) is 3.14. The fourth-order valence-corrected chi connectivity index (χ4v) is 3.00. The minimum Gasteiger partial charge on any atom is -0.392 e. The van der Waals surface area contributed by atoms with Gasteiger partial charge in [0.15, 0.2) is 0 Å². The van der Waals surface area contributed by atoms with E-state index < -0.39 is 43.4 Å². The van der Waals surface area contributed by atoms with Crippen LogP contribution in [-0.4, -0.2) is 38.9 Å². The Morgan fingerprint density at radius 1 is 0.654 bits per heavy atom. The van der Waals surface area contributed by atoms with Crippen LogP contribution in [0.25, 0.3) is 0 Å². The molecular weight excluding hydrogens is 344 g/mol. The van der Waals surface area contributed by atoms with E-state index in [0.717, 1.165) is 34.1 Å². The number of nitrogens with zero attached hydrogens (tertiary/aromatic N) is 2. The highest BCUT2D eigenvalue weighted by Crippen LogP contribution is 2.39. The second-order valence-electron chi connectivity index (χ2n) is 5.53. The van der Waals surface area contributed by atoms with Gasteiger partial charge in [0, 0.05) is 35.4 Å². The molecule has 1 aromatic rings. The summed E-state index contributed by atoms with van der Waals surface area (Å²) < 4.78 is 0. The maximum atomic E-state index is 12.1. The number of carbonyl (C=O) groups excluding carboxylic acids is 4. The number of carbonyl (C=O) groups is 4. The molecule has 4 amide bonds. The van der Waals surface area contributed by atoms with Crippen molar-refractivity contribution in [1.29, 1.82) is 0 Å². The van der Waals surface area contributed by atoms with Gasteiger partial charge < -0.3 is 15.3 Å². The van der Waals surface area contributed by atoms with Gasteiger partial charge in [0.1, 0.15) is 0 Å². The van der Waals surface area contributed by atoms with Gasteiger partial charge in [0.05, 0.1) is 31.2 Å². The molecule has 0 aromatic heterocycles. The molecule has 9 heteroatoms. The van der Waals surface area contributed by atoms with E-state index in [4.69, 9.17) is 0 Å². The molecule has 0 radical (unpaired) electrons. The zero-order chi connectivity index (χ0) is 19.0. The minimum absolute atomic E-state index is 0.0396. The summed E-state index contributed by atoms with van der Waals surface area (Å²) >= 11 is 0. The second-order valence-corrected chi connectivity index (χ2v) is 5.53. The van der Waals surface area contributed by atoms with Crippen LogP contribution in [0.1, 0.15) is 16.7 Å². The van der Waals surface area contributed by atoms with Gasteiger partial charge in [-0.25, -0.2) is 9.80 Å². The molecule has 26 heavy (non-hydrogen) atoms. The Morgan fingerprint density at radius 3 is 1.54 bits per heavy atom. The molecule has 0 atom stereocenters. The van der Waals surface area contributed by atoms with Crippen LogP contribution >= 0.6 is 0 Å². The largest absolute Gasteiger partial charge is 0.392 e. The molecule has 0 saturated heterocycles. The van der Waals surface area contributed by atoms with Crippen LogP contribution in [0.5, 0.6) is 0 Å². The maximum Gasteiger partial charge on any atom is 0.258 e. The van der Waals surface area contributed by atoms with Gasteiger partial charge in [-0.05, 0) is 11.6 Å². The number of rotatable bonds is 5. The monoisotopic (exact) mass is 358 g/mol. The summed E-state index contributed by atoms with van der Waals surface area (Å²) in [4.78, 5) is 49.8. The van der Waals surface area contributed by atoms with Gasteiger partial charge in [-0.1, -0.05) is 0 Å². The average molecular weight is 358 g/mol. The highest BCUT2D eigenvalue weighted by molar-refractivity contribution is 6.31. The lowest BCUT2D eigenvalue weighted by molar-refractivity contribution is -0.121. The summed E-state index contributed by atoms with van der Waals surface area (Å²) in [5, 5.41) is 29.2. The number of imide groups is 2. The molecule has 3 N–H and O–H groups in total. The number of amides is 4. The first-order valence-electron chi connectivity index (χ1n) is 7.57. The topological polar surface area (TPSA) is 135 Å². The summed E-state index contributed by atoms with van der Waals surface area (Å²) in [5.74, 6) is -2.77. The number of aliphatic hydroxyl groups is 3. The van der Waals surface area contributed by atoms with Crippen molar-refractivity contribution in [1.82, 2.24) is 0 Å². The third kappa shape index (κ3) is 2.54. The predicted octanol–water partition coefficient (Wildman–Crippen LogP) is -0.978. The SMILES string of the molecule is O=C1C=CC(=O)N1c1cc(CO)c(CO)c(N2C(=O)C=CC2=O)c1CO. The van der Waals surface area contributed by atoms with Crippen molar-refractivity contribution in [3.8, 4) is 0 Å². The quantitative estimate of drug-likeness (QED) is 0.576. The lowest BCUT2D eigenvalue weighted by Gasteiger charge is -2.27. The van der Waals surface area contributed by atoms with Crippen molar-refractivity contribution in [3.05, 3.63) is 47.1 Å². The molecule has 0 fully saturated rings. The van der Waals surface area contributed by atoms with Crippen LogP contribution in [0, 0.1) is 0 Å². The Bertz CT molecular complexity index is 865. The third-order valence-electron chi connectivity index (χ3n) is 4.15. The first-order chi connectivity index (χ1) is 12.4. The Balaban J connectivity index is 2.32. The van der Waals surface area contributed by atoms with Gasteiger partial charge in [-0.2, -0.15) is 0 Å². The predicted molar refractivity (Wildman–Crippen MR) is 87.5 cm³/mol. The van der Waals surface area contributed by atoms with Gasteiger partial charge in [0.25, 0.3) is 23.6 Å². The Morgan fingerprint density at radius 2 is 1.12 bits per heavy atom. The van der Waals surface area contributed by atoms with Crippen molar-refractivity contribution >= 4 is 35.0 Å². The summed E-state index contributed by atoms with van der Waals surface area (Å²) in [5.41, 5.74) is -0.144. The zero-order valence-electron chi connectivity index (χ0n) is 13.4. The number of benzene rings is 1. The van der Waals surface area contributed by atoms with Crippen molar-refractivity contribution in [2.45, 2.75) is 19.8 Å². The molecule has 1 aromatic carbocycles. The molecule has 2 heterocycles. The molecular formula is C17H14N2O7. The number of hydrogen-bond donors (Lipinski definition) is 3. The molecule has 2 aliphatic heterocycles. The first-order valence-corrected chi connectivity index (χ1v) is 7.57. The molecule has 0 unspecified atom stereocenters. The highest BCUT2D eigenvalue weighted by Gasteiger charge is 2.35. The van der Waals surface area contributed by atoms with Crippen molar-refractivity contribution in [3.63, 3.8) is 0 Å². The van der Waals surface area contributed by atoms with E-state index in [1.807, 2.05) is 0 Å². The Kier molecular flexibility index (Phi) is 4.51. The molecule has 0 spiro atoms. The van der Waals surface area contributed by atoms with E-state index in [9.17, 15) is 34.5 Å². The van der Waals surface area contributed by atoms with Crippen LogP contribution in [0.3, 0.4) is 0 Å². The van der Waals surface area contributed by atoms with Crippen molar-refractivity contribution in [2.75, 3.05) is 9.80 Å². The summed E-state index contributed by atoms with van der Waals surface area (Å²) in [6.45, 7) is -1.96. The standard InChI is InChI=1S/C17H14N2O7/c20-6-9-5-12(18-13(23)1-2-14(18)24)11(8-22)17(10(9)7-21)19-15(25)3-4-16(19)26/h1-5,20-22H,6-8H2. The fourth-order valence-electron chi connectivity index (χ4n) is 3.00. The molecule has 0 saturated carbocycles. The Hall–Kier alpha value is -3.14. The maximum absolute atomic E-state index is 12.1. The molecule has 9 nitrogen and oxygen atoms in total. The van der Waals surface area contributed by atoms with Crippen LogP contribution in [0.15, 0.2) is 30.4 Å². The second kappa shape index (κ2) is 6.64. The van der Waals surface area contributed by atoms with Crippen LogP contribution in [0.2, 0.25) is 0 Å². The number of anilines is 2. The lowest BCUT2D eigenvalue weighted by Crippen LogP contribution is -2.35. The van der Waals surface area contributed by atoms with Crippen LogP contribution in [-0.2, 0) is 39.0 Å². The van der Waals surface area contributed by atoms with Gasteiger partial charge in [-0.3, -0.25) is 19.2 Å². The summed E-state index contributed by atoms with van der Waals surface area (Å²) in [7, 11) is 0. The number of hydrogen-bond acceptors (Lipinski definition) is 7. The van der Waals surface area contributed by atoms with Gasteiger partial charge >= 0.3 is 0 Å². The summed E-state index contributed by atoms with van der Waals surface area (Å²) in [6.07, 6.45) is 4.11. The molecule has 134 valence electrons. The van der Waals surface area contributed by atoms with E-state index in [1.165, 1.54) is 6.07 Å². The van der Waals surface area contributed by atoms with Gasteiger partial charge in [0.2, 0.25) is 0 Å². The van der Waals surface area contributed by atoms with Crippen molar-refractivity contribution in [2.24, 2.45) is 0 Å². The highest BCUT2D eigenvalue weighted by atomic mass is 16.3. The fraction of sp³-hybridized carbons (Fsp3) is 0.176. The van der Waals surface area contributed by atoms with E-state index in [0.29, 0.717) is 0 Å². The lowest BCUT2D eigenvalue weighted by atomic mass is 9.97. The van der Waals surface area contributed by atoms with E-state index in [1.54, 1.807) is 0 Å². The third-order valence-corrected chi connectivity index (χ3v) is 4.15. The minimum atomic E-state index is -0.725. The van der Waals surface area contributed by atoms with Gasteiger partial charge in [-0.15, -0.1) is 0 Å². The van der Waals surface area contributed by atoms with E-state index >= 15 is 0 Å². The molecule has 3 rings (SSSR count). The number of aliphatic hydroxyl groups excluding tert-OH is 3. The smallest absolute Gasteiger partial charge is 0.258 e. The van der Waals surface area contributed by atoms with E-state index in [2.05, 4.69) is 0 Å². The van der Waals surface area contributed by atoms with E-state index in [-0.39, 0.29) is 28.1 Å². The molecule has 0 bridgehead atoms. The van der Waals surface area contributed by atoms with Crippen LogP contribution < -0.4 is 9.80 Å². The van der Waals surface area contributed by atoms with Crippen LogP contribution in [0.4, 0.5) is 11.4 Å². The Labute approximate surface area is 147 Å².